The van der Waals surface area contributed by atoms with Gasteiger partial charge in [0.15, 0.2) is 15.0 Å². The fraction of sp³-hybridized carbons (Fsp3) is 0.200. The Morgan fingerprint density at radius 3 is 2.55 bits per heavy atom. The standard InChI is InChI=1S/C20H18Cl2N2O3S2/c21-16-9-8-15(11-17(16)22)18-12-28-20(23-18)24-19(25)7-4-10-29(26,27)13-14-5-2-1-3-6-14/h1-3,5-6,8-9,11-12H,4,7,10,13H2,(H,23,24,25). The zero-order valence-corrected chi connectivity index (χ0v) is 18.4. The molecule has 9 heteroatoms. The summed E-state index contributed by atoms with van der Waals surface area (Å²) >= 11 is 13.2. The van der Waals surface area contributed by atoms with Crippen LogP contribution in [0.5, 0.6) is 0 Å². The Morgan fingerprint density at radius 1 is 1.07 bits per heavy atom. The molecule has 152 valence electrons. The van der Waals surface area contributed by atoms with Crippen molar-refractivity contribution in [2.24, 2.45) is 0 Å². The van der Waals surface area contributed by atoms with Crippen LogP contribution in [-0.2, 0) is 20.4 Å². The zero-order chi connectivity index (χ0) is 20.9. The second-order valence-electron chi connectivity index (χ2n) is 6.40. The predicted molar refractivity (Wildman–Crippen MR) is 119 cm³/mol. The molecule has 2 aromatic carbocycles. The van der Waals surface area contributed by atoms with Crippen molar-refractivity contribution in [1.29, 1.82) is 0 Å². The molecule has 0 saturated heterocycles. The Hall–Kier alpha value is -1.93. The van der Waals surface area contributed by atoms with Crippen molar-refractivity contribution >= 4 is 55.4 Å². The minimum Gasteiger partial charge on any atom is -0.302 e. The number of thiazole rings is 1. The van der Waals surface area contributed by atoms with Crippen molar-refractivity contribution in [3.8, 4) is 11.3 Å². The normalized spacial score (nSPS) is 11.4. The first-order valence-corrected chi connectivity index (χ1v) is 12.2. The first-order valence-electron chi connectivity index (χ1n) is 8.77. The van der Waals surface area contributed by atoms with Crippen LogP contribution in [0.4, 0.5) is 5.13 Å². The lowest BCUT2D eigenvalue weighted by molar-refractivity contribution is -0.116. The number of benzene rings is 2. The van der Waals surface area contributed by atoms with Crippen LogP contribution >= 0.6 is 34.5 Å². The van der Waals surface area contributed by atoms with E-state index in [1.54, 1.807) is 47.8 Å². The quantitative estimate of drug-likeness (QED) is 0.476. The second-order valence-corrected chi connectivity index (χ2v) is 10.3. The van der Waals surface area contributed by atoms with Crippen molar-refractivity contribution in [2.45, 2.75) is 18.6 Å². The molecule has 0 bridgehead atoms. The Labute approximate surface area is 183 Å². The molecule has 5 nitrogen and oxygen atoms in total. The van der Waals surface area contributed by atoms with Crippen molar-refractivity contribution in [2.75, 3.05) is 11.1 Å². The van der Waals surface area contributed by atoms with Gasteiger partial charge in [-0.15, -0.1) is 11.3 Å². The zero-order valence-electron chi connectivity index (χ0n) is 15.3. The molecular weight excluding hydrogens is 451 g/mol. The van der Waals surface area contributed by atoms with Gasteiger partial charge in [0.2, 0.25) is 5.91 Å². The summed E-state index contributed by atoms with van der Waals surface area (Å²) in [6.45, 7) is 0. The maximum Gasteiger partial charge on any atom is 0.226 e. The number of nitrogens with zero attached hydrogens (tertiary/aromatic N) is 1. The lowest BCUT2D eigenvalue weighted by atomic mass is 10.2. The highest BCUT2D eigenvalue weighted by Crippen LogP contribution is 2.30. The van der Waals surface area contributed by atoms with Crippen LogP contribution in [0.2, 0.25) is 10.0 Å². The van der Waals surface area contributed by atoms with Crippen LogP contribution in [-0.4, -0.2) is 25.1 Å². The summed E-state index contributed by atoms with van der Waals surface area (Å²) in [4.78, 5) is 16.5. The number of carbonyl (C=O) groups is 1. The number of carbonyl (C=O) groups excluding carboxylic acids is 1. The van der Waals surface area contributed by atoms with E-state index < -0.39 is 9.84 Å². The van der Waals surface area contributed by atoms with Gasteiger partial charge >= 0.3 is 0 Å². The van der Waals surface area contributed by atoms with E-state index in [9.17, 15) is 13.2 Å². The monoisotopic (exact) mass is 468 g/mol. The molecule has 0 aliphatic rings. The SMILES string of the molecule is O=C(CCCS(=O)(=O)Cc1ccccc1)Nc1nc(-c2ccc(Cl)c(Cl)c2)cs1. The van der Waals surface area contributed by atoms with Gasteiger partial charge in [0, 0.05) is 17.4 Å². The number of anilines is 1. The molecule has 0 aliphatic carbocycles. The molecule has 0 spiro atoms. The van der Waals surface area contributed by atoms with Crippen molar-refractivity contribution in [1.82, 2.24) is 4.98 Å². The second kappa shape index (κ2) is 9.71. The number of aromatic nitrogens is 1. The maximum absolute atomic E-state index is 12.2. The molecule has 1 aromatic heterocycles. The van der Waals surface area contributed by atoms with E-state index in [1.807, 2.05) is 6.07 Å². The molecule has 1 heterocycles. The summed E-state index contributed by atoms with van der Waals surface area (Å²) in [7, 11) is -3.26. The summed E-state index contributed by atoms with van der Waals surface area (Å²) in [6.07, 6.45) is 0.363. The molecule has 0 unspecified atom stereocenters. The highest BCUT2D eigenvalue weighted by atomic mass is 35.5. The molecule has 1 N–H and O–H groups in total. The Bertz CT molecular complexity index is 1100. The number of halogens is 2. The minimum absolute atomic E-state index is 0.0189. The van der Waals surface area contributed by atoms with Crippen molar-refractivity contribution in [3.05, 3.63) is 69.5 Å². The van der Waals surface area contributed by atoms with E-state index in [2.05, 4.69) is 10.3 Å². The van der Waals surface area contributed by atoms with Gasteiger partial charge in [-0.05, 0) is 24.1 Å². The lowest BCUT2D eigenvalue weighted by Crippen LogP contribution is -2.15. The third kappa shape index (κ3) is 6.54. The summed E-state index contributed by atoms with van der Waals surface area (Å²) in [5, 5.41) is 5.85. The highest BCUT2D eigenvalue weighted by Gasteiger charge is 2.14. The Balaban J connectivity index is 1.50. The van der Waals surface area contributed by atoms with Gasteiger partial charge in [-0.3, -0.25) is 4.79 Å². The largest absolute Gasteiger partial charge is 0.302 e. The Kier molecular flexibility index (Phi) is 7.29. The average Bonchev–Trinajstić information content (AvgIpc) is 3.12. The van der Waals surface area contributed by atoms with Crippen LogP contribution in [0.3, 0.4) is 0 Å². The topological polar surface area (TPSA) is 76.1 Å². The van der Waals surface area contributed by atoms with E-state index in [1.165, 1.54) is 11.3 Å². The first kappa shape index (κ1) is 21.8. The maximum atomic E-state index is 12.2. The van der Waals surface area contributed by atoms with E-state index in [-0.39, 0.29) is 30.3 Å². The van der Waals surface area contributed by atoms with E-state index >= 15 is 0 Å². The molecule has 3 aromatic rings. The molecule has 0 radical (unpaired) electrons. The summed E-state index contributed by atoms with van der Waals surface area (Å²) in [5.41, 5.74) is 2.21. The van der Waals surface area contributed by atoms with Crippen LogP contribution in [0.1, 0.15) is 18.4 Å². The van der Waals surface area contributed by atoms with Gasteiger partial charge in [-0.25, -0.2) is 13.4 Å². The van der Waals surface area contributed by atoms with Gasteiger partial charge in [0.05, 0.1) is 27.2 Å². The van der Waals surface area contributed by atoms with Gasteiger partial charge in [0.25, 0.3) is 0 Å². The minimum atomic E-state index is -3.26. The molecule has 29 heavy (non-hydrogen) atoms. The van der Waals surface area contributed by atoms with E-state index in [0.717, 1.165) is 11.1 Å². The fourth-order valence-corrected chi connectivity index (χ4v) is 5.12. The lowest BCUT2D eigenvalue weighted by Gasteiger charge is -2.05. The molecule has 0 atom stereocenters. The van der Waals surface area contributed by atoms with Crippen LogP contribution < -0.4 is 5.32 Å². The first-order chi connectivity index (χ1) is 13.8. The molecule has 3 rings (SSSR count). The number of rotatable bonds is 8. The molecule has 0 fully saturated rings. The predicted octanol–water partition coefficient (Wildman–Crippen LogP) is 5.45. The number of hydrogen-bond donors (Lipinski definition) is 1. The third-order valence-corrected chi connectivity index (χ3v) is 7.24. The third-order valence-electron chi connectivity index (χ3n) is 4.05. The average molecular weight is 469 g/mol. The van der Waals surface area contributed by atoms with Gasteiger partial charge in [-0.2, -0.15) is 0 Å². The van der Waals surface area contributed by atoms with Crippen LogP contribution in [0, 0.1) is 0 Å². The summed E-state index contributed by atoms with van der Waals surface area (Å²) < 4.78 is 24.4. The summed E-state index contributed by atoms with van der Waals surface area (Å²) in [5.74, 6) is -0.327. The molecule has 1 amide bonds. The number of hydrogen-bond acceptors (Lipinski definition) is 5. The smallest absolute Gasteiger partial charge is 0.226 e. The van der Waals surface area contributed by atoms with E-state index in [4.69, 9.17) is 23.2 Å². The number of nitrogens with one attached hydrogen (secondary N) is 1. The fourth-order valence-electron chi connectivity index (χ4n) is 2.65. The summed E-state index contributed by atoms with van der Waals surface area (Å²) in [6, 6.07) is 14.2. The Morgan fingerprint density at radius 2 is 1.83 bits per heavy atom. The van der Waals surface area contributed by atoms with Crippen LogP contribution in [0.25, 0.3) is 11.3 Å². The van der Waals surface area contributed by atoms with Crippen molar-refractivity contribution < 1.29 is 13.2 Å². The van der Waals surface area contributed by atoms with Gasteiger partial charge in [-0.1, -0.05) is 59.6 Å². The van der Waals surface area contributed by atoms with Crippen molar-refractivity contribution in [3.63, 3.8) is 0 Å². The molecular formula is C20H18Cl2N2O3S2. The molecule has 0 aliphatic heterocycles. The number of sulfone groups is 1. The van der Waals surface area contributed by atoms with E-state index in [0.29, 0.717) is 20.9 Å². The molecule has 0 saturated carbocycles. The number of amides is 1. The van der Waals surface area contributed by atoms with Gasteiger partial charge < -0.3 is 5.32 Å². The van der Waals surface area contributed by atoms with Gasteiger partial charge in [0.1, 0.15) is 0 Å². The van der Waals surface area contributed by atoms with Crippen LogP contribution in [0.15, 0.2) is 53.9 Å². The highest BCUT2D eigenvalue weighted by molar-refractivity contribution is 7.90.